The van der Waals surface area contributed by atoms with Crippen molar-refractivity contribution in [2.75, 3.05) is 31.1 Å². The summed E-state index contributed by atoms with van der Waals surface area (Å²) in [7, 11) is -3.49. The highest BCUT2D eigenvalue weighted by Crippen LogP contribution is 2.28. The summed E-state index contributed by atoms with van der Waals surface area (Å²) < 4.78 is 45.0. The van der Waals surface area contributed by atoms with E-state index in [2.05, 4.69) is 0 Å². The third kappa shape index (κ3) is 4.41. The van der Waals surface area contributed by atoms with Crippen molar-refractivity contribution in [3.05, 3.63) is 53.8 Å². The van der Waals surface area contributed by atoms with Gasteiger partial charge in [-0.1, -0.05) is 12.1 Å². The van der Waals surface area contributed by atoms with E-state index >= 15 is 0 Å². The number of rotatable bonds is 6. The molecule has 1 aliphatic rings. The van der Waals surface area contributed by atoms with E-state index in [0.717, 1.165) is 0 Å². The van der Waals surface area contributed by atoms with E-state index in [-0.39, 0.29) is 10.7 Å². The second kappa shape index (κ2) is 8.23. The maximum Gasteiger partial charge on any atom is 0.375 e. The lowest BCUT2D eigenvalue weighted by molar-refractivity contribution is -0.152. The number of hydrogen-bond donors (Lipinski definition) is 1. The van der Waals surface area contributed by atoms with E-state index in [9.17, 15) is 22.7 Å². The molecular formula is C21H26FN2O5S+. The second-order valence-corrected chi connectivity index (χ2v) is 9.69. The molecule has 30 heavy (non-hydrogen) atoms. The van der Waals surface area contributed by atoms with Crippen LogP contribution in [0.25, 0.3) is 0 Å². The molecule has 2 aromatic rings. The Morgan fingerprint density at radius 3 is 2.37 bits per heavy atom. The van der Waals surface area contributed by atoms with Crippen LogP contribution in [-0.4, -0.2) is 55.6 Å². The Bertz CT molecular complexity index is 1050. The number of para-hydroxylation sites is 1. The van der Waals surface area contributed by atoms with E-state index in [1.807, 2.05) is 4.90 Å². The molecule has 0 aliphatic carbocycles. The average Bonchev–Trinajstić information content (AvgIpc) is 2.69. The lowest BCUT2D eigenvalue weighted by Gasteiger charge is -2.34. The number of carboxylic acid groups (broad SMARTS) is 1. The monoisotopic (exact) mass is 437 g/mol. The standard InChI is InChI=1S/C21H25FN2O5S/c1-15-14-16(8-9-19(15)29-21(2,3)20(25)26)30(27,28)24-12-10-23(11-13-24)18-7-5-4-6-17(18)22/h4-9,14H,10-13H2,1-3H3,(H,25,26)/p+1. The number of benzene rings is 2. The summed E-state index contributed by atoms with van der Waals surface area (Å²) in [6, 6.07) is 11.0. The second-order valence-electron chi connectivity index (χ2n) is 7.71. The van der Waals surface area contributed by atoms with Crippen LogP contribution in [0.1, 0.15) is 19.4 Å². The van der Waals surface area contributed by atoms with Gasteiger partial charge in [-0.15, -0.1) is 0 Å². The number of aliphatic carboxylic acids is 1. The number of anilines is 1. The molecule has 7 nitrogen and oxygen atoms in total. The SMILES string of the molecule is Cc1cc(S(=O)(=[OH+])N2CCN(c3ccccc3F)CC2)ccc1OC(C)(C)C(=O)O. The molecule has 0 bridgehead atoms. The number of ether oxygens (including phenoxy) is 1. The highest BCUT2D eigenvalue weighted by atomic mass is 32.2. The number of hydrogen-bond acceptors (Lipinski definition) is 4. The van der Waals surface area contributed by atoms with E-state index < -0.39 is 21.6 Å². The number of aryl methyl sites for hydroxylation is 1. The first kappa shape index (κ1) is 22.0. The van der Waals surface area contributed by atoms with E-state index in [4.69, 9.17) is 4.74 Å². The van der Waals surface area contributed by atoms with Crippen LogP contribution in [-0.2, 0) is 14.8 Å². The number of piperazine rings is 1. The predicted octanol–water partition coefficient (Wildman–Crippen LogP) is 3.04. The van der Waals surface area contributed by atoms with Gasteiger partial charge >= 0.3 is 16.0 Å². The fourth-order valence-electron chi connectivity index (χ4n) is 3.25. The molecule has 1 heterocycles. The molecule has 3 rings (SSSR count). The Morgan fingerprint density at radius 1 is 1.17 bits per heavy atom. The van der Waals surface area contributed by atoms with Crippen molar-refractivity contribution in [3.63, 3.8) is 0 Å². The first-order valence-corrected chi connectivity index (χ1v) is 11.0. The number of nitrogens with zero attached hydrogens (tertiary/aromatic N) is 2. The minimum atomic E-state index is -3.49. The lowest BCUT2D eigenvalue weighted by Crippen LogP contribution is -2.48. The van der Waals surface area contributed by atoms with Crippen LogP contribution in [0.4, 0.5) is 10.1 Å². The van der Waals surface area contributed by atoms with E-state index in [1.165, 1.54) is 36.4 Å². The molecule has 1 atom stereocenters. The maximum atomic E-state index is 14.0. The highest BCUT2D eigenvalue weighted by Gasteiger charge is 2.35. The third-order valence-corrected chi connectivity index (χ3v) is 7.05. The molecule has 1 aliphatic heterocycles. The molecule has 2 aromatic carbocycles. The Labute approximate surface area is 175 Å². The van der Waals surface area contributed by atoms with Gasteiger partial charge in [0.05, 0.1) is 5.69 Å². The molecule has 0 amide bonds. The first-order chi connectivity index (χ1) is 14.0. The maximum absolute atomic E-state index is 14.0. The van der Waals surface area contributed by atoms with Crippen molar-refractivity contribution in [2.24, 2.45) is 0 Å². The van der Waals surface area contributed by atoms with Crippen molar-refractivity contribution in [3.8, 4) is 5.75 Å². The minimum Gasteiger partial charge on any atom is -0.478 e. The molecule has 162 valence electrons. The van der Waals surface area contributed by atoms with Crippen molar-refractivity contribution < 1.29 is 27.4 Å². The van der Waals surface area contributed by atoms with Gasteiger partial charge in [0, 0.05) is 26.2 Å². The van der Waals surface area contributed by atoms with Gasteiger partial charge < -0.3 is 14.7 Å². The van der Waals surface area contributed by atoms with Gasteiger partial charge in [-0.25, -0.2) is 13.4 Å². The van der Waals surface area contributed by atoms with Gasteiger partial charge in [0.15, 0.2) is 5.60 Å². The van der Waals surface area contributed by atoms with Crippen LogP contribution in [0.15, 0.2) is 47.4 Å². The number of halogens is 1. The number of carboxylic acids is 1. The molecule has 0 radical (unpaired) electrons. The Hall–Kier alpha value is -2.65. The summed E-state index contributed by atoms with van der Waals surface area (Å²) in [6.45, 7) is 6.01. The van der Waals surface area contributed by atoms with Crippen LogP contribution in [0, 0.1) is 12.7 Å². The Kier molecular flexibility index (Phi) is 6.05. The topological polar surface area (TPSA) is 91.5 Å². The van der Waals surface area contributed by atoms with Crippen molar-refractivity contribution >= 4 is 21.7 Å². The normalized spacial score (nSPS) is 17.4. The molecule has 9 heteroatoms. The molecular weight excluding hydrogens is 411 g/mol. The largest absolute Gasteiger partial charge is 0.478 e. The summed E-state index contributed by atoms with van der Waals surface area (Å²) in [5, 5.41) is 9.22. The van der Waals surface area contributed by atoms with Crippen LogP contribution in [0.3, 0.4) is 0 Å². The molecule has 0 saturated carbocycles. The Morgan fingerprint density at radius 2 is 1.80 bits per heavy atom. The van der Waals surface area contributed by atoms with Crippen LogP contribution < -0.4 is 9.64 Å². The van der Waals surface area contributed by atoms with Crippen molar-refractivity contribution in [1.82, 2.24) is 4.31 Å². The average molecular weight is 438 g/mol. The zero-order valence-electron chi connectivity index (χ0n) is 17.2. The zero-order valence-corrected chi connectivity index (χ0v) is 18.0. The molecule has 0 spiro atoms. The summed E-state index contributed by atoms with van der Waals surface area (Å²) in [5.41, 5.74) is -0.371. The van der Waals surface area contributed by atoms with Crippen molar-refractivity contribution in [2.45, 2.75) is 31.3 Å². The molecule has 0 aromatic heterocycles. The van der Waals surface area contributed by atoms with Crippen LogP contribution in [0.5, 0.6) is 5.75 Å². The Balaban J connectivity index is 1.74. The summed E-state index contributed by atoms with van der Waals surface area (Å²) in [5.74, 6) is -1.08. The number of carbonyl (C=O) groups is 1. The molecule has 1 fully saturated rings. The summed E-state index contributed by atoms with van der Waals surface area (Å²) in [6.07, 6.45) is 0. The van der Waals surface area contributed by atoms with Gasteiger partial charge in [-0.05, 0) is 56.7 Å². The van der Waals surface area contributed by atoms with Gasteiger partial charge in [-0.3, -0.25) is 0 Å². The van der Waals surface area contributed by atoms with Gasteiger partial charge in [0.1, 0.15) is 16.5 Å². The first-order valence-electron chi connectivity index (χ1n) is 9.56. The van der Waals surface area contributed by atoms with Crippen LogP contribution >= 0.6 is 0 Å². The predicted molar refractivity (Wildman–Crippen MR) is 112 cm³/mol. The summed E-state index contributed by atoms with van der Waals surface area (Å²) >= 11 is 0. The minimum absolute atomic E-state index is 0.222. The highest BCUT2D eigenvalue weighted by molar-refractivity contribution is 7.89. The molecule has 1 saturated heterocycles. The fraction of sp³-hybridized carbons (Fsp3) is 0.381. The van der Waals surface area contributed by atoms with E-state index in [0.29, 0.717) is 43.2 Å². The zero-order chi connectivity index (χ0) is 22.1. The third-order valence-electron chi connectivity index (χ3n) is 5.12. The lowest BCUT2D eigenvalue weighted by atomic mass is 10.1. The quantitative estimate of drug-likeness (QED) is 0.702. The van der Waals surface area contributed by atoms with Gasteiger partial charge in [-0.2, -0.15) is 8.51 Å². The van der Waals surface area contributed by atoms with Gasteiger partial charge in [0.2, 0.25) is 0 Å². The molecule has 1 unspecified atom stereocenters. The fourth-order valence-corrected chi connectivity index (χ4v) is 4.79. The van der Waals surface area contributed by atoms with E-state index in [1.54, 1.807) is 31.2 Å². The van der Waals surface area contributed by atoms with Crippen LogP contribution in [0.2, 0.25) is 0 Å². The smallest absolute Gasteiger partial charge is 0.375 e. The molecule has 2 N–H and O–H groups in total. The van der Waals surface area contributed by atoms with Crippen molar-refractivity contribution in [1.29, 1.82) is 0 Å². The summed E-state index contributed by atoms with van der Waals surface area (Å²) in [4.78, 5) is 13.4. The van der Waals surface area contributed by atoms with Gasteiger partial charge in [0.25, 0.3) is 0 Å².